The summed E-state index contributed by atoms with van der Waals surface area (Å²) >= 11 is 0. The number of aromatic nitrogens is 2. The SMILES string of the molecule is CCCn1ccnc1CNC1(CO)CC1. The number of nitrogens with zero attached hydrogens (tertiary/aromatic N) is 2. The highest BCUT2D eigenvalue weighted by molar-refractivity contribution is 5.03. The minimum absolute atomic E-state index is 0.00297. The zero-order valence-electron chi connectivity index (χ0n) is 9.24. The summed E-state index contributed by atoms with van der Waals surface area (Å²) in [6, 6.07) is 0. The minimum atomic E-state index is 0.00297. The van der Waals surface area contributed by atoms with Crippen molar-refractivity contribution >= 4 is 0 Å². The fourth-order valence-corrected chi connectivity index (χ4v) is 1.76. The highest BCUT2D eigenvalue weighted by Crippen LogP contribution is 2.34. The van der Waals surface area contributed by atoms with Gasteiger partial charge in [0, 0.05) is 24.5 Å². The Hall–Kier alpha value is -0.870. The molecule has 1 aromatic rings. The Bertz CT molecular complexity index is 317. The van der Waals surface area contributed by atoms with E-state index < -0.39 is 0 Å². The van der Waals surface area contributed by atoms with E-state index in [2.05, 4.69) is 21.8 Å². The lowest BCUT2D eigenvalue weighted by molar-refractivity contribution is 0.228. The summed E-state index contributed by atoms with van der Waals surface area (Å²) < 4.78 is 2.17. The second kappa shape index (κ2) is 4.33. The molecule has 0 aliphatic heterocycles. The third-order valence-electron chi connectivity index (χ3n) is 3.04. The lowest BCUT2D eigenvalue weighted by Gasteiger charge is -2.14. The topological polar surface area (TPSA) is 50.1 Å². The van der Waals surface area contributed by atoms with E-state index in [1.807, 2.05) is 12.4 Å². The first-order valence-electron chi connectivity index (χ1n) is 5.65. The minimum Gasteiger partial charge on any atom is -0.394 e. The Morgan fingerprint density at radius 3 is 3.00 bits per heavy atom. The van der Waals surface area contributed by atoms with Crippen LogP contribution in [0.25, 0.3) is 0 Å². The monoisotopic (exact) mass is 209 g/mol. The zero-order valence-corrected chi connectivity index (χ0v) is 9.24. The summed E-state index contributed by atoms with van der Waals surface area (Å²) in [4.78, 5) is 4.32. The molecule has 1 heterocycles. The molecule has 1 saturated carbocycles. The molecule has 0 amide bonds. The average Bonchev–Trinajstić information content (AvgIpc) is 2.91. The molecule has 0 radical (unpaired) electrons. The second-order valence-corrected chi connectivity index (χ2v) is 4.33. The van der Waals surface area contributed by atoms with Gasteiger partial charge in [-0.1, -0.05) is 6.92 Å². The molecule has 1 fully saturated rings. The van der Waals surface area contributed by atoms with Crippen LogP contribution in [0.3, 0.4) is 0 Å². The van der Waals surface area contributed by atoms with Crippen molar-refractivity contribution in [1.82, 2.24) is 14.9 Å². The molecule has 1 aromatic heterocycles. The maximum Gasteiger partial charge on any atom is 0.122 e. The number of hydrogen-bond acceptors (Lipinski definition) is 3. The molecule has 84 valence electrons. The van der Waals surface area contributed by atoms with Crippen LogP contribution in [0.1, 0.15) is 32.0 Å². The Balaban J connectivity index is 1.90. The van der Waals surface area contributed by atoms with Crippen LogP contribution in [0.5, 0.6) is 0 Å². The molecule has 0 saturated heterocycles. The third-order valence-corrected chi connectivity index (χ3v) is 3.04. The summed E-state index contributed by atoms with van der Waals surface area (Å²) in [5, 5.41) is 12.6. The Morgan fingerprint density at radius 2 is 2.40 bits per heavy atom. The number of nitrogens with one attached hydrogen (secondary N) is 1. The average molecular weight is 209 g/mol. The van der Waals surface area contributed by atoms with Gasteiger partial charge in [0.05, 0.1) is 13.2 Å². The van der Waals surface area contributed by atoms with Crippen molar-refractivity contribution in [2.45, 2.75) is 44.8 Å². The smallest absolute Gasteiger partial charge is 0.122 e. The van der Waals surface area contributed by atoms with Gasteiger partial charge in [-0.25, -0.2) is 4.98 Å². The highest BCUT2D eigenvalue weighted by atomic mass is 16.3. The molecule has 0 bridgehead atoms. The van der Waals surface area contributed by atoms with Crippen molar-refractivity contribution in [2.75, 3.05) is 6.61 Å². The Labute approximate surface area is 90.3 Å². The zero-order chi connectivity index (χ0) is 10.7. The number of imidazole rings is 1. The molecule has 0 atom stereocenters. The third kappa shape index (κ3) is 2.38. The van der Waals surface area contributed by atoms with Crippen molar-refractivity contribution in [1.29, 1.82) is 0 Å². The molecule has 0 unspecified atom stereocenters. The van der Waals surface area contributed by atoms with Crippen molar-refractivity contribution in [2.24, 2.45) is 0 Å². The molecular formula is C11H19N3O. The van der Waals surface area contributed by atoms with Gasteiger partial charge in [0.2, 0.25) is 0 Å². The van der Waals surface area contributed by atoms with Crippen LogP contribution in [-0.2, 0) is 13.1 Å². The Morgan fingerprint density at radius 1 is 1.60 bits per heavy atom. The molecular weight excluding hydrogens is 190 g/mol. The predicted octanol–water partition coefficient (Wildman–Crippen LogP) is 0.908. The summed E-state index contributed by atoms with van der Waals surface area (Å²) in [6.45, 7) is 4.17. The summed E-state index contributed by atoms with van der Waals surface area (Å²) in [6.07, 6.45) is 7.13. The van der Waals surface area contributed by atoms with Crippen LogP contribution in [0, 0.1) is 0 Å². The highest BCUT2D eigenvalue weighted by Gasteiger charge is 2.41. The molecule has 1 aliphatic rings. The maximum absolute atomic E-state index is 9.17. The second-order valence-electron chi connectivity index (χ2n) is 4.33. The van der Waals surface area contributed by atoms with Crippen molar-refractivity contribution in [3.8, 4) is 0 Å². The molecule has 4 nitrogen and oxygen atoms in total. The quantitative estimate of drug-likeness (QED) is 0.732. The number of hydrogen-bond donors (Lipinski definition) is 2. The van der Waals surface area contributed by atoms with E-state index >= 15 is 0 Å². The van der Waals surface area contributed by atoms with Crippen LogP contribution < -0.4 is 5.32 Å². The largest absolute Gasteiger partial charge is 0.394 e. The van der Waals surface area contributed by atoms with Gasteiger partial charge in [0.1, 0.15) is 5.82 Å². The van der Waals surface area contributed by atoms with E-state index in [1.165, 1.54) is 0 Å². The first kappa shape index (κ1) is 10.6. The van der Waals surface area contributed by atoms with Gasteiger partial charge >= 0.3 is 0 Å². The van der Waals surface area contributed by atoms with Gasteiger partial charge in [-0.3, -0.25) is 0 Å². The van der Waals surface area contributed by atoms with E-state index in [1.54, 1.807) is 0 Å². The van der Waals surface area contributed by atoms with E-state index in [0.29, 0.717) is 0 Å². The van der Waals surface area contributed by atoms with Crippen LogP contribution in [0.2, 0.25) is 0 Å². The number of aliphatic hydroxyl groups is 1. The van der Waals surface area contributed by atoms with Gasteiger partial charge in [0.15, 0.2) is 0 Å². The fourth-order valence-electron chi connectivity index (χ4n) is 1.76. The first-order chi connectivity index (χ1) is 7.29. The van der Waals surface area contributed by atoms with E-state index in [4.69, 9.17) is 5.11 Å². The number of aliphatic hydroxyl groups excluding tert-OH is 1. The number of aryl methyl sites for hydroxylation is 1. The molecule has 2 rings (SSSR count). The van der Waals surface area contributed by atoms with Gasteiger partial charge in [-0.05, 0) is 19.3 Å². The molecule has 1 aliphatic carbocycles. The molecule has 15 heavy (non-hydrogen) atoms. The molecule has 4 heteroatoms. The van der Waals surface area contributed by atoms with Crippen LogP contribution >= 0.6 is 0 Å². The lowest BCUT2D eigenvalue weighted by atomic mass is 10.3. The number of rotatable bonds is 6. The first-order valence-corrected chi connectivity index (χ1v) is 5.65. The maximum atomic E-state index is 9.17. The van der Waals surface area contributed by atoms with Gasteiger partial charge in [-0.15, -0.1) is 0 Å². The fraction of sp³-hybridized carbons (Fsp3) is 0.727. The van der Waals surface area contributed by atoms with Crippen molar-refractivity contribution in [3.05, 3.63) is 18.2 Å². The summed E-state index contributed by atoms with van der Waals surface area (Å²) in [5.74, 6) is 1.07. The molecule has 2 N–H and O–H groups in total. The lowest BCUT2D eigenvalue weighted by Crippen LogP contribution is -2.35. The molecule has 0 spiro atoms. The summed E-state index contributed by atoms with van der Waals surface area (Å²) in [7, 11) is 0. The van der Waals surface area contributed by atoms with E-state index in [-0.39, 0.29) is 12.1 Å². The van der Waals surface area contributed by atoms with Crippen LogP contribution in [0.15, 0.2) is 12.4 Å². The van der Waals surface area contributed by atoms with E-state index in [0.717, 1.165) is 38.2 Å². The van der Waals surface area contributed by atoms with E-state index in [9.17, 15) is 0 Å². The molecule has 0 aromatic carbocycles. The van der Waals surface area contributed by atoms with Gasteiger partial charge in [-0.2, -0.15) is 0 Å². The predicted molar refractivity (Wildman–Crippen MR) is 58.4 cm³/mol. The standard InChI is InChI=1S/C11H19N3O/c1-2-6-14-7-5-12-10(14)8-13-11(9-15)3-4-11/h5,7,13,15H,2-4,6,8-9H2,1H3. The summed E-state index contributed by atoms with van der Waals surface area (Å²) in [5.41, 5.74) is 0.00297. The van der Waals surface area contributed by atoms with Crippen molar-refractivity contribution < 1.29 is 5.11 Å². The van der Waals surface area contributed by atoms with Crippen LogP contribution in [0.4, 0.5) is 0 Å². The van der Waals surface area contributed by atoms with Crippen LogP contribution in [-0.4, -0.2) is 26.8 Å². The van der Waals surface area contributed by atoms with Gasteiger partial charge in [0.25, 0.3) is 0 Å². The Kier molecular flexibility index (Phi) is 3.07. The van der Waals surface area contributed by atoms with Crippen molar-refractivity contribution in [3.63, 3.8) is 0 Å². The van der Waals surface area contributed by atoms with Gasteiger partial charge < -0.3 is 15.0 Å². The normalized spacial score (nSPS) is 18.0.